The highest BCUT2D eigenvalue weighted by atomic mass is 31.2. The van der Waals surface area contributed by atoms with Crippen molar-refractivity contribution in [3.8, 4) is 0 Å². The SMILES string of the molecule is C=C[C@H](C)[C@@]12CO[C@@H]([C@H](C)O1)[C@@H]2O.C=C[C@H](C)[C@@]12CO[C@@H]([C@H](C)O1)[C@@H]2O[Si](C)(C)C(C)(C)C.[C-]#[N+]CCOP(C)O[C@H]1[C@H]2OC[C@]1([C@@H](C)C=C)O[C@H]2C. The van der Waals surface area contributed by atoms with E-state index in [4.69, 9.17) is 48.5 Å². The normalized spacial score (nSPS) is 41.7. The van der Waals surface area contributed by atoms with E-state index in [0.717, 1.165) is 0 Å². The molecule has 0 saturated carbocycles. The van der Waals surface area contributed by atoms with E-state index in [1.54, 1.807) is 0 Å². The number of nitrogens with zero attached hydrogens (tertiary/aromatic N) is 1. The average molecular weight is 782 g/mol. The molecular weight excluding hydrogens is 713 g/mol. The Balaban J connectivity index is 0.000000182. The number of aliphatic hydroxyl groups excluding tert-OH is 1. The molecule has 0 radical (unpaired) electrons. The topological polar surface area (TPSA) is 108 Å². The lowest BCUT2D eigenvalue weighted by Crippen LogP contribution is -2.53. The molecule has 302 valence electrons. The first-order chi connectivity index (χ1) is 24.7. The Kier molecular flexibility index (Phi) is 14.5. The Morgan fingerprint density at radius 1 is 0.811 bits per heavy atom. The van der Waals surface area contributed by atoms with Crippen LogP contribution in [0.5, 0.6) is 0 Å². The van der Waals surface area contributed by atoms with Gasteiger partial charge in [0.05, 0.1) is 38.1 Å². The maximum atomic E-state index is 9.95. The lowest BCUT2D eigenvalue weighted by molar-refractivity contribution is -0.153. The van der Waals surface area contributed by atoms with Gasteiger partial charge in [-0.15, -0.1) is 19.7 Å². The average Bonchev–Trinajstić information content (AvgIpc) is 3.91. The summed E-state index contributed by atoms with van der Waals surface area (Å²) in [5.41, 5.74) is -1.33. The first-order valence-electron chi connectivity index (χ1n) is 19.2. The van der Waals surface area contributed by atoms with Crippen molar-refractivity contribution in [2.24, 2.45) is 17.8 Å². The standard InChI is InChI=1S/C16H30O3Si.C14H22NO4P.C10H16O3/c1-9-11(2)16-10-17-13(12(3)18-16)14(16)19-20(7,8)15(4,5)6;1-6-10(2)14-9-16-12(11(3)18-14)13(14)19-20(5)17-8-7-15-4;1-4-6(2)10-5-12-8(9(10)11)7(3)13-10/h9,11-14H,1,10H2,2-8H3;6,10-13H,1,7-9H2,2-3,5H3;4,6-9,11H,1,5H2,2-3H3/t11-,12-,13-,14-,16+;10-,11-,12-,13-,14+,20?;6-,7-,8-,9-,10+/m000/s1. The van der Waals surface area contributed by atoms with Crippen LogP contribution >= 0.6 is 8.38 Å². The van der Waals surface area contributed by atoms with E-state index in [9.17, 15) is 5.11 Å². The molecule has 0 aliphatic carbocycles. The second kappa shape index (κ2) is 17.2. The van der Waals surface area contributed by atoms with E-state index in [-0.39, 0.29) is 77.2 Å². The smallest absolute Gasteiger partial charge is 0.238 e. The zero-order valence-electron chi connectivity index (χ0n) is 34.3. The molecule has 0 amide bonds. The summed E-state index contributed by atoms with van der Waals surface area (Å²) in [4.78, 5) is 3.27. The van der Waals surface area contributed by atoms with Crippen molar-refractivity contribution in [1.82, 2.24) is 0 Å². The highest BCUT2D eigenvalue weighted by Gasteiger charge is 2.65. The van der Waals surface area contributed by atoms with Gasteiger partial charge >= 0.3 is 0 Å². The lowest BCUT2D eigenvalue weighted by atomic mass is 9.86. The van der Waals surface area contributed by atoms with Gasteiger partial charge in [-0.25, -0.2) is 6.57 Å². The van der Waals surface area contributed by atoms with Gasteiger partial charge in [0, 0.05) is 24.4 Å². The Morgan fingerprint density at radius 2 is 1.23 bits per heavy atom. The Morgan fingerprint density at radius 3 is 1.64 bits per heavy atom. The molecule has 53 heavy (non-hydrogen) atoms. The summed E-state index contributed by atoms with van der Waals surface area (Å²) in [6.45, 7) is 46.2. The van der Waals surface area contributed by atoms with Crippen LogP contribution in [-0.4, -0.2) is 125 Å². The fraction of sp³-hybridized carbons (Fsp3) is 0.825. The van der Waals surface area contributed by atoms with Crippen LogP contribution in [0.1, 0.15) is 62.3 Å². The minimum Gasteiger partial charge on any atom is -0.408 e. The predicted molar refractivity (Wildman–Crippen MR) is 210 cm³/mol. The number of aliphatic hydroxyl groups is 1. The lowest BCUT2D eigenvalue weighted by Gasteiger charge is -2.42. The van der Waals surface area contributed by atoms with Crippen LogP contribution in [-0.2, 0) is 41.9 Å². The molecule has 16 atom stereocenters. The van der Waals surface area contributed by atoms with E-state index in [1.807, 2.05) is 45.7 Å². The Hall–Kier alpha value is -1.04. The van der Waals surface area contributed by atoms with Crippen molar-refractivity contribution in [2.75, 3.05) is 39.6 Å². The summed E-state index contributed by atoms with van der Waals surface area (Å²) < 4.78 is 53.8. The van der Waals surface area contributed by atoms with Crippen molar-refractivity contribution in [3.63, 3.8) is 0 Å². The van der Waals surface area contributed by atoms with Gasteiger partial charge in [-0.05, 0) is 38.9 Å². The zero-order chi connectivity index (χ0) is 39.7. The van der Waals surface area contributed by atoms with Crippen molar-refractivity contribution >= 4 is 16.7 Å². The van der Waals surface area contributed by atoms with E-state index in [1.165, 1.54) is 0 Å². The van der Waals surface area contributed by atoms with E-state index in [2.05, 4.69) is 79.2 Å². The van der Waals surface area contributed by atoms with Crippen LogP contribution in [0.4, 0.5) is 0 Å². The van der Waals surface area contributed by atoms with Gasteiger partial charge in [0.1, 0.15) is 60.0 Å². The van der Waals surface area contributed by atoms with Gasteiger partial charge in [0.25, 0.3) is 0 Å². The minimum atomic E-state index is -1.84. The molecule has 13 heteroatoms. The first-order valence-corrected chi connectivity index (χ1v) is 23.7. The molecule has 6 rings (SSSR count). The van der Waals surface area contributed by atoms with Gasteiger partial charge in [0.2, 0.25) is 6.54 Å². The van der Waals surface area contributed by atoms with Gasteiger partial charge in [0.15, 0.2) is 16.7 Å². The van der Waals surface area contributed by atoms with Crippen molar-refractivity contribution in [2.45, 2.75) is 152 Å². The number of rotatable bonds is 13. The third-order valence-electron chi connectivity index (χ3n) is 12.8. The van der Waals surface area contributed by atoms with Crippen molar-refractivity contribution in [3.05, 3.63) is 49.4 Å². The zero-order valence-corrected chi connectivity index (χ0v) is 36.2. The van der Waals surface area contributed by atoms with Crippen molar-refractivity contribution in [1.29, 1.82) is 0 Å². The maximum Gasteiger partial charge on any atom is 0.238 e. The summed E-state index contributed by atoms with van der Waals surface area (Å²) in [5, 5.41) is 10.1. The van der Waals surface area contributed by atoms with Gasteiger partial charge < -0.3 is 51.8 Å². The molecule has 0 aromatic heterocycles. The largest absolute Gasteiger partial charge is 0.408 e. The number of hydrogen-bond acceptors (Lipinski definition) is 10. The molecule has 1 unspecified atom stereocenters. The van der Waals surface area contributed by atoms with Crippen LogP contribution in [0.3, 0.4) is 0 Å². The third-order valence-corrected chi connectivity index (χ3v) is 18.3. The maximum absolute atomic E-state index is 9.95. The van der Waals surface area contributed by atoms with E-state index < -0.39 is 34.0 Å². The third kappa shape index (κ3) is 8.35. The van der Waals surface area contributed by atoms with Gasteiger partial charge in [-0.1, -0.05) is 59.8 Å². The molecule has 6 aliphatic rings. The molecule has 0 aromatic rings. The summed E-state index contributed by atoms with van der Waals surface area (Å²) >= 11 is 0. The molecule has 6 saturated heterocycles. The quantitative estimate of drug-likeness (QED) is 0.0684. The van der Waals surface area contributed by atoms with Crippen LogP contribution in [0, 0.1) is 24.3 Å². The fourth-order valence-electron chi connectivity index (χ4n) is 8.05. The van der Waals surface area contributed by atoms with Crippen LogP contribution in [0.25, 0.3) is 4.85 Å². The van der Waals surface area contributed by atoms with Crippen molar-refractivity contribution < 1.29 is 47.0 Å². The number of hydrogen-bond donors (Lipinski definition) is 1. The monoisotopic (exact) mass is 781 g/mol. The summed E-state index contributed by atoms with van der Waals surface area (Å²) in [5.74, 6) is 0.499. The molecule has 11 nitrogen and oxygen atoms in total. The molecular formula is C40H68NO10PSi. The fourth-order valence-corrected chi connectivity index (χ4v) is 10.4. The first kappa shape index (κ1) is 44.7. The summed E-state index contributed by atoms with van der Waals surface area (Å²) in [6, 6.07) is 0. The Labute approximate surface area is 321 Å². The summed E-state index contributed by atoms with van der Waals surface area (Å²) in [7, 11) is -2.88. The molecule has 1 N–H and O–H groups in total. The van der Waals surface area contributed by atoms with Crippen LogP contribution < -0.4 is 0 Å². The molecule has 6 fully saturated rings. The highest BCUT2D eigenvalue weighted by Crippen LogP contribution is 2.52. The molecule has 6 heterocycles. The minimum absolute atomic E-state index is 0.00819. The highest BCUT2D eigenvalue weighted by molar-refractivity contribution is 7.46. The Bertz CT molecular complexity index is 1320. The van der Waals surface area contributed by atoms with Crippen LogP contribution in [0.15, 0.2) is 38.0 Å². The second-order valence-corrected chi connectivity index (χ2v) is 23.3. The molecule has 0 spiro atoms. The second-order valence-electron chi connectivity index (χ2n) is 17.2. The van der Waals surface area contributed by atoms with E-state index >= 15 is 0 Å². The number of fused-ring (bicyclic) bond motifs is 6. The van der Waals surface area contributed by atoms with Gasteiger partial charge in [-0.2, -0.15) is 0 Å². The van der Waals surface area contributed by atoms with Crippen LogP contribution in [0.2, 0.25) is 18.1 Å². The molecule has 6 bridgehead atoms. The number of ether oxygens (including phenoxy) is 6. The van der Waals surface area contributed by atoms with E-state index in [0.29, 0.717) is 33.0 Å². The summed E-state index contributed by atoms with van der Waals surface area (Å²) in [6.07, 6.45) is 5.03. The predicted octanol–water partition coefficient (Wildman–Crippen LogP) is 7.11. The molecule has 0 aromatic carbocycles. The van der Waals surface area contributed by atoms with Gasteiger partial charge in [-0.3, -0.25) is 0 Å². The molecule has 6 aliphatic heterocycles.